The number of aryl methyl sites for hydroxylation is 1. The number of fused-ring (bicyclic) bond motifs is 2. The first kappa shape index (κ1) is 23.3. The Bertz CT molecular complexity index is 1310. The number of anilines is 1. The summed E-state index contributed by atoms with van der Waals surface area (Å²) in [6.45, 7) is 1.57. The van der Waals surface area contributed by atoms with E-state index in [1.807, 2.05) is 0 Å². The van der Waals surface area contributed by atoms with Crippen LogP contribution in [-0.2, 0) is 32.4 Å². The number of pyridine rings is 1. The molecule has 0 fully saturated rings. The maximum atomic E-state index is 13.2. The van der Waals surface area contributed by atoms with Crippen molar-refractivity contribution in [3.63, 3.8) is 0 Å². The summed E-state index contributed by atoms with van der Waals surface area (Å²) in [6.07, 6.45) is 6.75. The first-order valence-electron chi connectivity index (χ1n) is 10.7. The highest BCUT2D eigenvalue weighted by atomic mass is 32.2. The molecule has 4 rings (SSSR count). The molecule has 8 nitrogen and oxygen atoms in total. The van der Waals surface area contributed by atoms with Crippen LogP contribution in [0.25, 0.3) is 10.8 Å². The second kappa shape index (κ2) is 9.58. The van der Waals surface area contributed by atoms with Crippen molar-refractivity contribution in [3.8, 4) is 0 Å². The molecule has 2 heterocycles. The largest absolute Gasteiger partial charge is 0.462 e. The normalized spacial score (nSPS) is 13.7. The monoisotopic (exact) mass is 487 g/mol. The van der Waals surface area contributed by atoms with Gasteiger partial charge in [0.1, 0.15) is 5.00 Å². The Morgan fingerprint density at radius 3 is 2.79 bits per heavy atom. The van der Waals surface area contributed by atoms with E-state index >= 15 is 0 Å². The molecular weight excluding hydrogens is 462 g/mol. The fourth-order valence-corrected chi connectivity index (χ4v) is 6.64. The van der Waals surface area contributed by atoms with Crippen molar-refractivity contribution < 1.29 is 22.7 Å². The fraction of sp³-hybridized carbons (Fsp3) is 0.348. The number of nitrogens with zero attached hydrogens (tertiary/aromatic N) is 2. The zero-order valence-corrected chi connectivity index (χ0v) is 20.1. The van der Waals surface area contributed by atoms with Crippen LogP contribution in [0, 0.1) is 0 Å². The molecule has 1 amide bonds. The lowest BCUT2D eigenvalue weighted by Gasteiger charge is -2.18. The van der Waals surface area contributed by atoms with E-state index in [0.717, 1.165) is 40.4 Å². The number of amides is 1. The number of rotatable bonds is 7. The van der Waals surface area contributed by atoms with Crippen LogP contribution in [0.2, 0.25) is 0 Å². The van der Waals surface area contributed by atoms with E-state index in [2.05, 4.69) is 10.3 Å². The highest BCUT2D eigenvalue weighted by Crippen LogP contribution is 2.38. The molecule has 2 aromatic heterocycles. The average molecular weight is 488 g/mol. The van der Waals surface area contributed by atoms with Gasteiger partial charge in [-0.05, 0) is 50.3 Å². The molecule has 0 saturated carbocycles. The lowest BCUT2D eigenvalue weighted by atomic mass is 9.95. The number of hydrogen-bond acceptors (Lipinski definition) is 7. The van der Waals surface area contributed by atoms with Crippen molar-refractivity contribution in [2.24, 2.45) is 0 Å². The summed E-state index contributed by atoms with van der Waals surface area (Å²) in [5.41, 5.74) is 1.34. The van der Waals surface area contributed by atoms with Crippen LogP contribution in [0.5, 0.6) is 0 Å². The van der Waals surface area contributed by atoms with Crippen molar-refractivity contribution in [2.45, 2.75) is 37.5 Å². The number of ether oxygens (including phenoxy) is 1. The zero-order chi connectivity index (χ0) is 23.6. The van der Waals surface area contributed by atoms with E-state index in [9.17, 15) is 18.0 Å². The van der Waals surface area contributed by atoms with Crippen LogP contribution in [-0.4, -0.2) is 49.8 Å². The van der Waals surface area contributed by atoms with Gasteiger partial charge < -0.3 is 10.1 Å². The third-order valence-electron chi connectivity index (χ3n) is 5.60. The highest BCUT2D eigenvalue weighted by molar-refractivity contribution is 7.89. The van der Waals surface area contributed by atoms with E-state index in [1.165, 1.54) is 30.6 Å². The summed E-state index contributed by atoms with van der Waals surface area (Å²) in [5.74, 6) is -0.982. The highest BCUT2D eigenvalue weighted by Gasteiger charge is 2.29. The first-order chi connectivity index (χ1) is 15.8. The number of carbonyl (C=O) groups excluding carboxylic acids is 2. The molecule has 0 aliphatic heterocycles. The number of carbonyl (C=O) groups is 2. The SMILES string of the molecule is CCOC(=O)c1c(NC(=O)CN(C)S(=O)(=O)c2cccc3cnccc23)sc2c1CCCC2. The molecule has 10 heteroatoms. The third-order valence-corrected chi connectivity index (χ3v) is 8.67. The summed E-state index contributed by atoms with van der Waals surface area (Å²) in [5, 5.41) is 4.42. The molecule has 1 aliphatic rings. The van der Waals surface area contributed by atoms with Crippen molar-refractivity contribution in [1.29, 1.82) is 0 Å². The van der Waals surface area contributed by atoms with Gasteiger partial charge in [0.25, 0.3) is 0 Å². The van der Waals surface area contributed by atoms with Gasteiger partial charge in [0.2, 0.25) is 15.9 Å². The van der Waals surface area contributed by atoms with Gasteiger partial charge in [-0.25, -0.2) is 13.2 Å². The van der Waals surface area contributed by atoms with Crippen LogP contribution in [0.15, 0.2) is 41.6 Å². The molecule has 0 saturated heterocycles. The molecule has 33 heavy (non-hydrogen) atoms. The number of benzene rings is 1. The number of esters is 1. The lowest BCUT2D eigenvalue weighted by Crippen LogP contribution is -2.35. The summed E-state index contributed by atoms with van der Waals surface area (Å²) in [4.78, 5) is 30.6. The molecule has 0 bridgehead atoms. The fourth-order valence-electron chi connectivity index (χ4n) is 4.01. The maximum Gasteiger partial charge on any atom is 0.341 e. The Kier molecular flexibility index (Phi) is 6.78. The Hall–Kier alpha value is -2.82. The van der Waals surface area contributed by atoms with Crippen LogP contribution in [0.1, 0.15) is 40.6 Å². The predicted molar refractivity (Wildman–Crippen MR) is 127 cm³/mol. The number of sulfonamides is 1. The Morgan fingerprint density at radius 2 is 2.00 bits per heavy atom. The molecule has 0 radical (unpaired) electrons. The average Bonchev–Trinajstić information content (AvgIpc) is 3.16. The number of aromatic nitrogens is 1. The van der Waals surface area contributed by atoms with Crippen LogP contribution in [0.3, 0.4) is 0 Å². The Balaban J connectivity index is 1.57. The first-order valence-corrected chi connectivity index (χ1v) is 13.0. The van der Waals surface area contributed by atoms with Crippen molar-refractivity contribution in [2.75, 3.05) is 25.5 Å². The zero-order valence-electron chi connectivity index (χ0n) is 18.5. The summed E-state index contributed by atoms with van der Waals surface area (Å²) in [6, 6.07) is 6.58. The smallest absolute Gasteiger partial charge is 0.341 e. The van der Waals surface area contributed by atoms with Crippen LogP contribution >= 0.6 is 11.3 Å². The minimum absolute atomic E-state index is 0.108. The molecule has 174 valence electrons. The number of hydrogen-bond donors (Lipinski definition) is 1. The second-order valence-electron chi connectivity index (χ2n) is 7.80. The van der Waals surface area contributed by atoms with E-state index in [1.54, 1.807) is 31.3 Å². The topological polar surface area (TPSA) is 106 Å². The minimum Gasteiger partial charge on any atom is -0.462 e. The third kappa shape index (κ3) is 4.64. The van der Waals surface area contributed by atoms with E-state index in [4.69, 9.17) is 4.74 Å². The Morgan fingerprint density at radius 1 is 1.21 bits per heavy atom. The number of likely N-dealkylation sites (N-methyl/N-ethyl adjacent to an activating group) is 1. The molecule has 1 aromatic carbocycles. The van der Waals surface area contributed by atoms with Crippen LogP contribution < -0.4 is 5.32 Å². The maximum absolute atomic E-state index is 13.2. The van der Waals surface area contributed by atoms with Gasteiger partial charge in [-0.3, -0.25) is 9.78 Å². The van der Waals surface area contributed by atoms with Gasteiger partial charge in [0.15, 0.2) is 0 Å². The van der Waals surface area contributed by atoms with Gasteiger partial charge in [-0.1, -0.05) is 12.1 Å². The molecule has 0 unspecified atom stereocenters. The molecule has 0 atom stereocenters. The standard InChI is InChI=1S/C23H25N3O5S2/c1-3-31-23(28)21-17-8-4-5-9-18(17)32-22(21)25-20(27)14-26(2)33(29,30)19-10-6-7-15-13-24-12-11-16(15)19/h6-7,10-13H,3-5,8-9,14H2,1-2H3,(H,25,27). The van der Waals surface area contributed by atoms with Crippen molar-refractivity contribution in [1.82, 2.24) is 9.29 Å². The van der Waals surface area contributed by atoms with Crippen LogP contribution in [0.4, 0.5) is 5.00 Å². The number of thiophene rings is 1. The van der Waals surface area contributed by atoms with Gasteiger partial charge in [-0.15, -0.1) is 11.3 Å². The van der Waals surface area contributed by atoms with Gasteiger partial charge >= 0.3 is 5.97 Å². The lowest BCUT2D eigenvalue weighted by molar-refractivity contribution is -0.116. The molecule has 1 aliphatic carbocycles. The van der Waals surface area contributed by atoms with Crippen molar-refractivity contribution >= 4 is 49.0 Å². The van der Waals surface area contributed by atoms with Gasteiger partial charge in [0.05, 0.1) is 23.6 Å². The van der Waals surface area contributed by atoms with E-state index in [0.29, 0.717) is 21.3 Å². The minimum atomic E-state index is -3.93. The van der Waals surface area contributed by atoms with Gasteiger partial charge in [0, 0.05) is 35.1 Å². The summed E-state index contributed by atoms with van der Waals surface area (Å²) < 4.78 is 32.6. The van der Waals surface area contributed by atoms with E-state index in [-0.39, 0.29) is 11.5 Å². The quantitative estimate of drug-likeness (QED) is 0.511. The summed E-state index contributed by atoms with van der Waals surface area (Å²) >= 11 is 1.37. The molecular formula is C23H25N3O5S2. The molecule has 1 N–H and O–H groups in total. The molecule has 3 aromatic rings. The van der Waals surface area contributed by atoms with Crippen molar-refractivity contribution in [3.05, 3.63) is 52.7 Å². The van der Waals surface area contributed by atoms with Gasteiger partial charge in [-0.2, -0.15) is 4.31 Å². The number of nitrogens with one attached hydrogen (secondary N) is 1. The second-order valence-corrected chi connectivity index (χ2v) is 10.9. The Labute approximate surface area is 196 Å². The molecule has 0 spiro atoms. The predicted octanol–water partition coefficient (Wildman–Crippen LogP) is 3.61. The summed E-state index contributed by atoms with van der Waals surface area (Å²) in [7, 11) is -2.57. The van der Waals surface area contributed by atoms with E-state index < -0.39 is 28.4 Å².